The highest BCUT2D eigenvalue weighted by molar-refractivity contribution is 6.09. The average molecular weight is 575 g/mol. The number of nitrogens with zero attached hydrogens (tertiary/aromatic N) is 6. The van der Waals surface area contributed by atoms with Crippen LogP contribution in [0, 0.1) is 0 Å². The summed E-state index contributed by atoms with van der Waals surface area (Å²) in [4.78, 5) is 67.1. The van der Waals surface area contributed by atoms with Crippen LogP contribution in [-0.2, 0) is 22.7 Å². The first-order valence-corrected chi connectivity index (χ1v) is 13.2. The number of hydrogen-bond acceptors (Lipinski definition) is 9. The number of pyridine rings is 2. The quantitative estimate of drug-likeness (QED) is 0.340. The lowest BCUT2D eigenvalue weighted by atomic mass is 10.2. The summed E-state index contributed by atoms with van der Waals surface area (Å²) in [7, 11) is 0. The van der Waals surface area contributed by atoms with E-state index in [2.05, 4.69) is 4.98 Å². The minimum Gasteiger partial charge on any atom is -0.444 e. The number of amides is 2. The summed E-state index contributed by atoms with van der Waals surface area (Å²) < 4.78 is 9.61. The van der Waals surface area contributed by atoms with Gasteiger partial charge in [-0.15, -0.1) is 0 Å². The summed E-state index contributed by atoms with van der Waals surface area (Å²) in [6.45, 7) is 0.0279. The van der Waals surface area contributed by atoms with E-state index in [-0.39, 0.29) is 61.5 Å². The van der Waals surface area contributed by atoms with Gasteiger partial charge in [0, 0.05) is 12.1 Å². The first kappa shape index (κ1) is 27.1. The molecule has 14 heteroatoms. The zero-order valence-electron chi connectivity index (χ0n) is 22.2. The molecule has 7 rings (SSSR count). The Morgan fingerprint density at radius 1 is 0.857 bits per heavy atom. The monoisotopic (exact) mass is 574 g/mol. The maximum atomic E-state index is 12.6. The van der Waals surface area contributed by atoms with E-state index in [9.17, 15) is 34.2 Å². The van der Waals surface area contributed by atoms with Gasteiger partial charge in [0.15, 0.2) is 0 Å². The molecular formula is C28H26N6O8. The molecular weight excluding hydrogens is 548 g/mol. The highest BCUT2D eigenvalue weighted by Gasteiger charge is 2.42. The zero-order valence-corrected chi connectivity index (χ0v) is 22.2. The Balaban J connectivity index is 0.000000168. The van der Waals surface area contributed by atoms with Gasteiger partial charge in [-0.05, 0) is 17.7 Å². The molecule has 0 saturated heterocycles. The van der Waals surface area contributed by atoms with E-state index in [4.69, 9.17) is 4.74 Å². The fraction of sp³-hybridized carbons (Fsp3) is 0.286. The Bertz CT molecular complexity index is 1880. The fourth-order valence-corrected chi connectivity index (χ4v) is 5.53. The number of benzene rings is 1. The molecule has 2 atom stereocenters. The third-order valence-corrected chi connectivity index (χ3v) is 7.50. The lowest BCUT2D eigenvalue weighted by Crippen LogP contribution is -2.48. The van der Waals surface area contributed by atoms with Gasteiger partial charge >= 0.3 is 6.09 Å². The molecule has 0 spiro atoms. The molecule has 3 aliphatic rings. The van der Waals surface area contributed by atoms with Crippen LogP contribution in [0.2, 0.25) is 0 Å². The van der Waals surface area contributed by atoms with Crippen molar-refractivity contribution in [3.8, 4) is 0 Å². The molecule has 0 radical (unpaired) electrons. The number of rotatable bonds is 4. The molecule has 4 aromatic rings. The van der Waals surface area contributed by atoms with Crippen LogP contribution in [0.3, 0.4) is 0 Å². The first-order chi connectivity index (χ1) is 20.3. The smallest absolute Gasteiger partial charge is 0.415 e. The summed E-state index contributed by atoms with van der Waals surface area (Å²) in [5.74, 6) is 0.0222. The van der Waals surface area contributed by atoms with Gasteiger partial charge in [0.25, 0.3) is 16.7 Å². The number of hydrogen-bond donors (Lipinski definition) is 2. The van der Waals surface area contributed by atoms with Crippen molar-refractivity contribution >= 4 is 34.7 Å². The molecule has 3 aromatic heterocycles. The number of carbonyl (C=O) groups is 2. The number of carbonyl (C=O) groups excluding carboxylic acids is 2. The van der Waals surface area contributed by atoms with Crippen LogP contribution in [0.5, 0.6) is 0 Å². The Morgan fingerprint density at radius 2 is 1.55 bits per heavy atom. The van der Waals surface area contributed by atoms with E-state index in [1.807, 2.05) is 30.3 Å². The van der Waals surface area contributed by atoms with Crippen molar-refractivity contribution in [3.63, 3.8) is 0 Å². The van der Waals surface area contributed by atoms with E-state index < -0.39 is 12.1 Å². The summed E-state index contributed by atoms with van der Waals surface area (Å²) >= 11 is 0. The van der Waals surface area contributed by atoms with Crippen molar-refractivity contribution in [2.75, 3.05) is 36.1 Å². The predicted octanol–water partition coefficient (Wildman–Crippen LogP) is -0.00970. The Labute approximate surface area is 236 Å². The molecule has 14 nitrogen and oxygen atoms in total. The number of ether oxygens (including phenoxy) is 1. The zero-order chi connectivity index (χ0) is 29.5. The molecule has 42 heavy (non-hydrogen) atoms. The Morgan fingerprint density at radius 3 is 2.29 bits per heavy atom. The Kier molecular flexibility index (Phi) is 6.92. The van der Waals surface area contributed by atoms with Gasteiger partial charge in [-0.1, -0.05) is 30.3 Å². The van der Waals surface area contributed by atoms with Gasteiger partial charge in [-0.25, -0.2) is 9.78 Å². The number of anilines is 2. The normalized spacial score (nSPS) is 18.1. The molecule has 6 heterocycles. The van der Waals surface area contributed by atoms with Crippen LogP contribution >= 0.6 is 0 Å². The molecule has 3 aliphatic heterocycles. The molecule has 1 aromatic carbocycles. The first-order valence-electron chi connectivity index (χ1n) is 13.2. The van der Waals surface area contributed by atoms with Crippen molar-refractivity contribution in [1.82, 2.24) is 18.7 Å². The Hall–Kier alpha value is -5.08. The largest absolute Gasteiger partial charge is 0.444 e. The summed E-state index contributed by atoms with van der Waals surface area (Å²) in [5.41, 5.74) is 1.57. The molecule has 0 aliphatic carbocycles. The second-order valence-electron chi connectivity index (χ2n) is 10.0. The lowest BCUT2D eigenvalue weighted by molar-refractivity contribution is -0.117. The SMILES string of the molecule is O=C(OCc1ccccc1)N1CC(=O)N2C[C@@H](CO)n3c2c1ccc3=O.O=c1cnc2ccc(=O)n3c2n1C[C@H]3CO. The van der Waals surface area contributed by atoms with Crippen molar-refractivity contribution in [1.29, 1.82) is 0 Å². The fourth-order valence-electron chi connectivity index (χ4n) is 5.53. The van der Waals surface area contributed by atoms with Crippen molar-refractivity contribution in [3.05, 3.63) is 97.4 Å². The number of aliphatic hydroxyl groups is 2. The number of aromatic nitrogens is 4. The van der Waals surface area contributed by atoms with E-state index >= 15 is 0 Å². The second kappa shape index (κ2) is 10.7. The summed E-state index contributed by atoms with van der Waals surface area (Å²) in [5, 5.41) is 18.7. The van der Waals surface area contributed by atoms with Gasteiger partial charge in [0.2, 0.25) is 5.91 Å². The van der Waals surface area contributed by atoms with Crippen LogP contribution in [0.1, 0.15) is 17.6 Å². The van der Waals surface area contributed by atoms with Crippen LogP contribution < -0.4 is 26.5 Å². The highest BCUT2D eigenvalue weighted by atomic mass is 16.6. The molecule has 2 amide bonds. The van der Waals surface area contributed by atoms with Crippen molar-refractivity contribution in [2.45, 2.75) is 25.2 Å². The van der Waals surface area contributed by atoms with E-state index in [0.717, 1.165) is 5.56 Å². The van der Waals surface area contributed by atoms with Crippen molar-refractivity contribution < 1.29 is 24.5 Å². The summed E-state index contributed by atoms with van der Waals surface area (Å²) in [6, 6.07) is 14.2. The van der Waals surface area contributed by atoms with E-state index in [0.29, 0.717) is 29.2 Å². The molecule has 0 saturated carbocycles. The maximum absolute atomic E-state index is 12.6. The van der Waals surface area contributed by atoms with Crippen LogP contribution in [0.4, 0.5) is 16.3 Å². The van der Waals surface area contributed by atoms with Gasteiger partial charge in [-0.2, -0.15) is 0 Å². The van der Waals surface area contributed by atoms with Crippen LogP contribution in [0.25, 0.3) is 11.2 Å². The number of aliphatic hydroxyl groups excluding tert-OH is 2. The van der Waals surface area contributed by atoms with Crippen molar-refractivity contribution in [2.24, 2.45) is 0 Å². The molecule has 216 valence electrons. The topological polar surface area (TPSA) is 169 Å². The molecule has 2 N–H and O–H groups in total. The van der Waals surface area contributed by atoms with E-state index in [1.54, 1.807) is 6.07 Å². The van der Waals surface area contributed by atoms with Gasteiger partial charge in [0.05, 0.1) is 50.3 Å². The molecule has 0 unspecified atom stereocenters. The van der Waals surface area contributed by atoms with Crippen LogP contribution in [0.15, 0.2) is 75.2 Å². The standard InChI is InChI=1S/C18H17N3O5.C10H9N3O3/c22-10-13-8-20-16(24)9-19(14-6-7-15(23)21(13)17(14)20)18(25)26-11-12-4-2-1-3-5-12;14-5-6-4-12-9(16)3-11-7-1-2-8(15)13(6)10(7)12/h1-7,13,22H,8-11H2;1-3,6,14H,4-5H2/t13-;6-/m00/s1. The molecule has 0 fully saturated rings. The van der Waals surface area contributed by atoms with Gasteiger partial charge in [0.1, 0.15) is 30.1 Å². The summed E-state index contributed by atoms with van der Waals surface area (Å²) in [6.07, 6.45) is 0.576. The predicted molar refractivity (Wildman–Crippen MR) is 150 cm³/mol. The van der Waals surface area contributed by atoms with E-state index in [1.165, 1.54) is 47.9 Å². The second-order valence-corrected chi connectivity index (χ2v) is 10.0. The minimum atomic E-state index is -0.657. The average Bonchev–Trinajstić information content (AvgIpc) is 3.61. The van der Waals surface area contributed by atoms with Gasteiger partial charge < -0.3 is 14.9 Å². The third-order valence-electron chi connectivity index (χ3n) is 7.50. The molecule has 0 bridgehead atoms. The van der Waals surface area contributed by atoms with Gasteiger partial charge in [-0.3, -0.25) is 42.7 Å². The maximum Gasteiger partial charge on any atom is 0.415 e. The minimum absolute atomic E-state index is 0.0856. The highest BCUT2D eigenvalue weighted by Crippen LogP contribution is 2.39. The van der Waals surface area contributed by atoms with Crippen LogP contribution in [-0.4, -0.2) is 67.2 Å². The lowest BCUT2D eigenvalue weighted by Gasteiger charge is -2.32. The third kappa shape index (κ3) is 4.46.